The van der Waals surface area contributed by atoms with E-state index in [0.717, 1.165) is 23.2 Å². The van der Waals surface area contributed by atoms with Crippen LogP contribution in [0, 0.1) is 17.0 Å². The van der Waals surface area contributed by atoms with E-state index in [1.54, 1.807) is 6.07 Å². The number of para-hydroxylation sites is 1. The normalized spacial score (nSPS) is 10.8. The molecule has 0 saturated carbocycles. The molecule has 0 aliphatic rings. The van der Waals surface area contributed by atoms with Crippen LogP contribution in [-0.2, 0) is 11.2 Å². The zero-order valence-electron chi connectivity index (χ0n) is 13.4. The number of benzene rings is 2. The molecule has 0 atom stereocenters. The molecule has 0 aliphatic carbocycles. The third-order valence-corrected chi connectivity index (χ3v) is 3.90. The molecule has 5 nitrogen and oxygen atoms in total. The first kappa shape index (κ1) is 17.7. The Morgan fingerprint density at radius 3 is 2.75 bits per heavy atom. The summed E-state index contributed by atoms with van der Waals surface area (Å²) in [5.74, 6) is -0.295. The molecular weight excluding hydrogens is 328 g/mol. The van der Waals surface area contributed by atoms with Gasteiger partial charge in [0.05, 0.1) is 4.92 Å². The fourth-order valence-electron chi connectivity index (χ4n) is 2.31. The number of halogens is 1. The van der Waals surface area contributed by atoms with E-state index in [9.17, 15) is 14.9 Å². The third-order valence-electron chi connectivity index (χ3n) is 3.58. The fraction of sp³-hybridized carbons (Fsp3) is 0.167. The molecule has 24 heavy (non-hydrogen) atoms. The summed E-state index contributed by atoms with van der Waals surface area (Å²) in [5, 5.41) is 13.8. The molecule has 0 aliphatic heterocycles. The van der Waals surface area contributed by atoms with Crippen molar-refractivity contribution in [1.82, 2.24) is 0 Å². The van der Waals surface area contributed by atoms with Crippen LogP contribution >= 0.6 is 11.6 Å². The predicted octanol–water partition coefficient (Wildman–Crippen LogP) is 4.77. The van der Waals surface area contributed by atoms with Crippen molar-refractivity contribution in [2.75, 3.05) is 5.32 Å². The van der Waals surface area contributed by atoms with Crippen LogP contribution in [0.5, 0.6) is 0 Å². The number of carbonyl (C=O) groups is 1. The highest BCUT2D eigenvalue weighted by atomic mass is 35.5. The molecule has 1 N–H and O–H groups in total. The molecule has 0 bridgehead atoms. The summed E-state index contributed by atoms with van der Waals surface area (Å²) in [7, 11) is 0. The first-order chi connectivity index (χ1) is 11.4. The quantitative estimate of drug-likeness (QED) is 0.482. The highest BCUT2D eigenvalue weighted by Gasteiger charge is 2.12. The molecule has 1 amide bonds. The maximum absolute atomic E-state index is 12.1. The van der Waals surface area contributed by atoms with Gasteiger partial charge in [-0.05, 0) is 42.2 Å². The molecule has 0 aromatic heterocycles. The Labute approximate surface area is 145 Å². The molecule has 0 spiro atoms. The Hall–Kier alpha value is -2.66. The topological polar surface area (TPSA) is 72.2 Å². The Balaban J connectivity index is 2.17. The van der Waals surface area contributed by atoms with Crippen molar-refractivity contribution in [3.63, 3.8) is 0 Å². The van der Waals surface area contributed by atoms with E-state index in [1.807, 2.05) is 32.0 Å². The Morgan fingerprint density at radius 1 is 1.33 bits per heavy atom. The van der Waals surface area contributed by atoms with Gasteiger partial charge in [-0.1, -0.05) is 42.8 Å². The Kier molecular flexibility index (Phi) is 5.71. The average molecular weight is 345 g/mol. The first-order valence-corrected chi connectivity index (χ1v) is 7.81. The van der Waals surface area contributed by atoms with Gasteiger partial charge in [0.2, 0.25) is 5.91 Å². The number of aryl methyl sites for hydroxylation is 2. The molecule has 2 aromatic carbocycles. The molecule has 2 rings (SSSR count). The molecule has 0 unspecified atom stereocenters. The minimum absolute atomic E-state index is 0.0640. The molecule has 0 radical (unpaired) electrons. The number of carbonyl (C=O) groups excluding carboxylic acids is 1. The van der Waals surface area contributed by atoms with Crippen LogP contribution in [0.3, 0.4) is 0 Å². The number of nitro groups is 1. The van der Waals surface area contributed by atoms with E-state index in [1.165, 1.54) is 24.3 Å². The third kappa shape index (κ3) is 4.20. The first-order valence-electron chi connectivity index (χ1n) is 7.44. The zero-order chi connectivity index (χ0) is 17.7. The van der Waals surface area contributed by atoms with Crippen LogP contribution < -0.4 is 5.32 Å². The van der Waals surface area contributed by atoms with Gasteiger partial charge in [-0.2, -0.15) is 0 Å². The molecule has 0 heterocycles. The van der Waals surface area contributed by atoms with Gasteiger partial charge in [-0.3, -0.25) is 14.9 Å². The molecule has 0 fully saturated rings. The van der Waals surface area contributed by atoms with Crippen molar-refractivity contribution in [3.8, 4) is 0 Å². The van der Waals surface area contributed by atoms with Crippen molar-refractivity contribution in [3.05, 3.63) is 74.3 Å². The number of hydrogen-bond acceptors (Lipinski definition) is 3. The number of anilines is 1. The van der Waals surface area contributed by atoms with E-state index >= 15 is 0 Å². The summed E-state index contributed by atoms with van der Waals surface area (Å²) in [6.45, 7) is 3.95. The van der Waals surface area contributed by atoms with Gasteiger partial charge in [-0.15, -0.1) is 0 Å². The Bertz CT molecular complexity index is 816. The van der Waals surface area contributed by atoms with Crippen LogP contribution in [0.4, 0.5) is 11.4 Å². The number of nitro benzene ring substituents is 1. The van der Waals surface area contributed by atoms with Gasteiger partial charge in [0.25, 0.3) is 5.69 Å². The lowest BCUT2D eigenvalue weighted by Gasteiger charge is -2.11. The second kappa shape index (κ2) is 7.75. The highest BCUT2D eigenvalue weighted by molar-refractivity contribution is 6.32. The van der Waals surface area contributed by atoms with Crippen LogP contribution in [-0.4, -0.2) is 10.8 Å². The summed E-state index contributed by atoms with van der Waals surface area (Å²) in [4.78, 5) is 22.5. The lowest BCUT2D eigenvalue weighted by molar-refractivity contribution is -0.384. The summed E-state index contributed by atoms with van der Waals surface area (Å²) in [6.07, 6.45) is 3.67. The van der Waals surface area contributed by atoms with E-state index in [4.69, 9.17) is 11.6 Å². The smallest absolute Gasteiger partial charge is 0.288 e. The summed E-state index contributed by atoms with van der Waals surface area (Å²) in [5.41, 5.74) is 3.18. The van der Waals surface area contributed by atoms with Crippen molar-refractivity contribution in [1.29, 1.82) is 0 Å². The van der Waals surface area contributed by atoms with Gasteiger partial charge in [0.15, 0.2) is 0 Å². The van der Waals surface area contributed by atoms with E-state index in [0.29, 0.717) is 5.56 Å². The summed E-state index contributed by atoms with van der Waals surface area (Å²) >= 11 is 5.77. The second-order valence-electron chi connectivity index (χ2n) is 5.25. The number of nitrogens with zero attached hydrogens (tertiary/aromatic N) is 1. The van der Waals surface area contributed by atoms with Gasteiger partial charge in [-0.25, -0.2) is 0 Å². The maximum Gasteiger partial charge on any atom is 0.288 e. The Morgan fingerprint density at radius 2 is 2.08 bits per heavy atom. The van der Waals surface area contributed by atoms with Crippen LogP contribution in [0.25, 0.3) is 6.08 Å². The largest absolute Gasteiger partial charge is 0.322 e. The lowest BCUT2D eigenvalue weighted by Crippen LogP contribution is -2.11. The van der Waals surface area contributed by atoms with Crippen LogP contribution in [0.1, 0.15) is 23.6 Å². The minimum Gasteiger partial charge on any atom is -0.322 e. The number of rotatable bonds is 5. The standard InChI is InChI=1S/C18H17ClN2O3/c1-3-14-6-4-5-12(2)18(14)20-17(22)10-8-13-7-9-15(19)16(11-13)21(23)24/h4-11H,3H2,1-2H3,(H,20,22). The average Bonchev–Trinajstić information content (AvgIpc) is 2.55. The number of amides is 1. The van der Waals surface area contributed by atoms with Crippen LogP contribution in [0.2, 0.25) is 5.02 Å². The highest BCUT2D eigenvalue weighted by Crippen LogP contribution is 2.25. The summed E-state index contributed by atoms with van der Waals surface area (Å²) < 4.78 is 0. The molecule has 6 heteroatoms. The molecule has 0 saturated heterocycles. The van der Waals surface area contributed by atoms with Gasteiger partial charge in [0.1, 0.15) is 5.02 Å². The van der Waals surface area contributed by atoms with E-state index < -0.39 is 4.92 Å². The van der Waals surface area contributed by atoms with Crippen molar-refractivity contribution in [2.45, 2.75) is 20.3 Å². The fourth-order valence-corrected chi connectivity index (χ4v) is 2.50. The van der Waals surface area contributed by atoms with Gasteiger partial charge >= 0.3 is 0 Å². The molecule has 2 aromatic rings. The van der Waals surface area contributed by atoms with E-state index in [-0.39, 0.29) is 16.6 Å². The lowest BCUT2D eigenvalue weighted by atomic mass is 10.1. The van der Waals surface area contributed by atoms with Gasteiger partial charge < -0.3 is 5.32 Å². The van der Waals surface area contributed by atoms with Crippen molar-refractivity contribution >= 4 is 35.0 Å². The maximum atomic E-state index is 12.1. The van der Waals surface area contributed by atoms with Crippen molar-refractivity contribution in [2.24, 2.45) is 0 Å². The van der Waals surface area contributed by atoms with Gasteiger partial charge in [0, 0.05) is 17.8 Å². The van der Waals surface area contributed by atoms with Crippen LogP contribution in [0.15, 0.2) is 42.5 Å². The predicted molar refractivity (Wildman–Crippen MR) is 96.3 cm³/mol. The number of nitrogens with one attached hydrogen (secondary N) is 1. The summed E-state index contributed by atoms with van der Waals surface area (Å²) in [6, 6.07) is 10.2. The van der Waals surface area contributed by atoms with E-state index in [2.05, 4.69) is 5.32 Å². The zero-order valence-corrected chi connectivity index (χ0v) is 14.1. The second-order valence-corrected chi connectivity index (χ2v) is 5.66. The van der Waals surface area contributed by atoms with Crippen molar-refractivity contribution < 1.29 is 9.72 Å². The SMILES string of the molecule is CCc1cccc(C)c1NC(=O)C=Cc1ccc(Cl)c([N+](=O)[O-])c1. The number of hydrogen-bond donors (Lipinski definition) is 1. The monoisotopic (exact) mass is 344 g/mol. The molecule has 124 valence electrons. The molecular formula is C18H17ClN2O3. The minimum atomic E-state index is -0.555.